The molecule has 1 aliphatic rings. The van der Waals surface area contributed by atoms with E-state index in [1.165, 1.54) is 0 Å². The van der Waals surface area contributed by atoms with E-state index in [2.05, 4.69) is 41.6 Å². The van der Waals surface area contributed by atoms with Crippen molar-refractivity contribution in [3.05, 3.63) is 29.8 Å². The molecule has 158 valence electrons. The van der Waals surface area contributed by atoms with Gasteiger partial charge in [0.25, 0.3) is 0 Å². The molecule has 2 rings (SSSR count). The maximum Gasteiger partial charge on any atom is 0.191 e. The van der Waals surface area contributed by atoms with Gasteiger partial charge in [0, 0.05) is 32.2 Å². The summed E-state index contributed by atoms with van der Waals surface area (Å²) in [4.78, 5) is 4.68. The predicted molar refractivity (Wildman–Crippen MR) is 114 cm³/mol. The fourth-order valence-electron chi connectivity index (χ4n) is 2.93. The Morgan fingerprint density at radius 2 is 2.14 bits per heavy atom. The third-order valence-electron chi connectivity index (χ3n) is 4.56. The molecule has 28 heavy (non-hydrogen) atoms. The van der Waals surface area contributed by atoms with Crippen molar-refractivity contribution >= 4 is 5.96 Å². The third kappa shape index (κ3) is 9.42. The van der Waals surface area contributed by atoms with Gasteiger partial charge in [-0.3, -0.25) is 0 Å². The van der Waals surface area contributed by atoms with Gasteiger partial charge < -0.3 is 24.8 Å². The number of rotatable bonds is 13. The Balaban J connectivity index is 1.68. The van der Waals surface area contributed by atoms with Crippen LogP contribution in [-0.4, -0.2) is 52.1 Å². The number of hydrogen-bond donors (Lipinski definition) is 2. The summed E-state index contributed by atoms with van der Waals surface area (Å²) < 4.78 is 16.9. The Kier molecular flexibility index (Phi) is 11.4. The molecule has 1 saturated heterocycles. The van der Waals surface area contributed by atoms with Crippen LogP contribution in [0.15, 0.2) is 29.3 Å². The normalized spacial score (nSPS) is 16.9. The molecule has 1 aromatic carbocycles. The molecule has 6 heteroatoms. The molecule has 6 nitrogen and oxygen atoms in total. The average Bonchev–Trinajstić information content (AvgIpc) is 3.23. The molecule has 1 unspecified atom stereocenters. The van der Waals surface area contributed by atoms with E-state index in [4.69, 9.17) is 14.2 Å². The van der Waals surface area contributed by atoms with E-state index in [9.17, 15) is 0 Å². The Bertz CT molecular complexity index is 560. The number of guanidine groups is 1. The van der Waals surface area contributed by atoms with Crippen molar-refractivity contribution in [1.82, 2.24) is 10.6 Å². The Hall–Kier alpha value is -1.79. The van der Waals surface area contributed by atoms with Crippen LogP contribution in [0.1, 0.15) is 45.1 Å². The summed E-state index contributed by atoms with van der Waals surface area (Å²) >= 11 is 0. The van der Waals surface area contributed by atoms with Crippen molar-refractivity contribution in [2.45, 2.75) is 46.1 Å². The van der Waals surface area contributed by atoms with Crippen LogP contribution in [0.5, 0.6) is 5.75 Å². The summed E-state index contributed by atoms with van der Waals surface area (Å²) in [7, 11) is 0. The van der Waals surface area contributed by atoms with Gasteiger partial charge in [-0.1, -0.05) is 25.5 Å². The fourth-order valence-corrected chi connectivity index (χ4v) is 2.93. The lowest BCUT2D eigenvalue weighted by Crippen LogP contribution is -2.38. The fraction of sp³-hybridized carbons (Fsp3) is 0.682. The van der Waals surface area contributed by atoms with E-state index >= 15 is 0 Å². The quantitative estimate of drug-likeness (QED) is 0.307. The van der Waals surface area contributed by atoms with Crippen molar-refractivity contribution in [2.24, 2.45) is 10.9 Å². The minimum absolute atomic E-state index is 0.577. The van der Waals surface area contributed by atoms with Crippen LogP contribution >= 0.6 is 0 Å². The van der Waals surface area contributed by atoms with Crippen LogP contribution in [0, 0.1) is 5.92 Å². The lowest BCUT2D eigenvalue weighted by atomic mass is 10.1. The van der Waals surface area contributed by atoms with E-state index in [1.807, 2.05) is 12.1 Å². The molecular formula is C22H37N3O3. The molecule has 0 aromatic heterocycles. The smallest absolute Gasteiger partial charge is 0.191 e. The van der Waals surface area contributed by atoms with Gasteiger partial charge in [0.1, 0.15) is 5.75 Å². The summed E-state index contributed by atoms with van der Waals surface area (Å²) in [6, 6.07) is 8.19. The summed E-state index contributed by atoms with van der Waals surface area (Å²) in [5, 5.41) is 6.67. The average molecular weight is 392 g/mol. The van der Waals surface area contributed by atoms with Crippen LogP contribution in [0.4, 0.5) is 0 Å². The number of hydrogen-bond acceptors (Lipinski definition) is 4. The SMILES string of the molecule is CCCCOc1cccc(CN=C(NCC)NCCCOCC2CCOC2)c1. The molecule has 0 bridgehead atoms. The number of nitrogens with one attached hydrogen (secondary N) is 2. The van der Waals surface area contributed by atoms with Gasteiger partial charge in [0.05, 0.1) is 26.4 Å². The van der Waals surface area contributed by atoms with Crippen molar-refractivity contribution in [2.75, 3.05) is 46.1 Å². The predicted octanol–water partition coefficient (Wildman–Crippen LogP) is 3.36. The summed E-state index contributed by atoms with van der Waals surface area (Å²) in [5.74, 6) is 2.33. The highest BCUT2D eigenvalue weighted by Crippen LogP contribution is 2.14. The lowest BCUT2D eigenvalue weighted by molar-refractivity contribution is 0.0888. The Morgan fingerprint density at radius 1 is 1.21 bits per heavy atom. The van der Waals surface area contributed by atoms with Crippen LogP contribution in [-0.2, 0) is 16.0 Å². The van der Waals surface area contributed by atoms with Crippen LogP contribution in [0.2, 0.25) is 0 Å². The van der Waals surface area contributed by atoms with Gasteiger partial charge in [0.2, 0.25) is 0 Å². The first-order chi connectivity index (χ1) is 13.8. The molecule has 0 saturated carbocycles. The molecule has 0 spiro atoms. The first-order valence-electron chi connectivity index (χ1n) is 10.7. The summed E-state index contributed by atoms with van der Waals surface area (Å²) in [6.45, 7) is 10.6. The second-order valence-electron chi connectivity index (χ2n) is 7.13. The highest BCUT2D eigenvalue weighted by Gasteiger charge is 2.15. The molecule has 0 aliphatic carbocycles. The van der Waals surface area contributed by atoms with Gasteiger partial charge in [-0.25, -0.2) is 4.99 Å². The highest BCUT2D eigenvalue weighted by molar-refractivity contribution is 5.79. The van der Waals surface area contributed by atoms with E-state index in [-0.39, 0.29) is 0 Å². The molecule has 1 fully saturated rings. The number of aliphatic imine (C=N–C) groups is 1. The van der Waals surface area contributed by atoms with Gasteiger partial charge in [-0.05, 0) is 43.9 Å². The number of unbranched alkanes of at least 4 members (excludes halogenated alkanes) is 1. The van der Waals surface area contributed by atoms with Gasteiger partial charge in [-0.15, -0.1) is 0 Å². The summed E-state index contributed by atoms with van der Waals surface area (Å²) in [6.07, 6.45) is 4.30. The zero-order chi connectivity index (χ0) is 19.9. The van der Waals surface area contributed by atoms with Crippen molar-refractivity contribution in [3.8, 4) is 5.75 Å². The molecule has 1 aromatic rings. The van der Waals surface area contributed by atoms with Crippen molar-refractivity contribution in [1.29, 1.82) is 0 Å². The van der Waals surface area contributed by atoms with E-state index in [0.29, 0.717) is 12.5 Å². The van der Waals surface area contributed by atoms with E-state index in [1.54, 1.807) is 0 Å². The standard InChI is InChI=1S/C22H37N3O3/c1-3-5-13-28-21-9-6-8-19(15-21)16-25-22(23-4-2)24-11-7-12-26-17-20-10-14-27-18-20/h6,8-9,15,20H,3-5,7,10-14,16-18H2,1-2H3,(H2,23,24,25). The molecule has 2 N–H and O–H groups in total. The monoisotopic (exact) mass is 391 g/mol. The Morgan fingerprint density at radius 3 is 2.93 bits per heavy atom. The lowest BCUT2D eigenvalue weighted by Gasteiger charge is -2.12. The maximum atomic E-state index is 5.78. The highest BCUT2D eigenvalue weighted by atomic mass is 16.5. The van der Waals surface area contributed by atoms with Gasteiger partial charge >= 0.3 is 0 Å². The largest absolute Gasteiger partial charge is 0.494 e. The molecular weight excluding hydrogens is 354 g/mol. The number of nitrogens with zero attached hydrogens (tertiary/aromatic N) is 1. The van der Waals surface area contributed by atoms with Gasteiger partial charge in [0.15, 0.2) is 5.96 Å². The van der Waals surface area contributed by atoms with Crippen molar-refractivity contribution < 1.29 is 14.2 Å². The van der Waals surface area contributed by atoms with Crippen LogP contribution in [0.25, 0.3) is 0 Å². The molecule has 1 aliphatic heterocycles. The summed E-state index contributed by atoms with van der Waals surface area (Å²) in [5.41, 5.74) is 1.15. The zero-order valence-electron chi connectivity index (χ0n) is 17.5. The first-order valence-corrected chi connectivity index (χ1v) is 10.7. The van der Waals surface area contributed by atoms with E-state index < -0.39 is 0 Å². The number of ether oxygens (including phenoxy) is 3. The minimum Gasteiger partial charge on any atom is -0.494 e. The Labute approximate surface area is 170 Å². The van der Waals surface area contributed by atoms with Crippen LogP contribution < -0.4 is 15.4 Å². The second kappa shape index (κ2) is 14.2. The topological polar surface area (TPSA) is 64.1 Å². The molecule has 0 amide bonds. The van der Waals surface area contributed by atoms with Crippen LogP contribution in [0.3, 0.4) is 0 Å². The third-order valence-corrected chi connectivity index (χ3v) is 4.56. The van der Waals surface area contributed by atoms with Gasteiger partial charge in [-0.2, -0.15) is 0 Å². The zero-order valence-corrected chi connectivity index (χ0v) is 17.5. The number of benzene rings is 1. The molecule has 1 heterocycles. The second-order valence-corrected chi connectivity index (χ2v) is 7.13. The van der Waals surface area contributed by atoms with Crippen molar-refractivity contribution in [3.63, 3.8) is 0 Å². The maximum absolute atomic E-state index is 5.78. The minimum atomic E-state index is 0.577. The first kappa shape index (κ1) is 22.5. The van der Waals surface area contributed by atoms with E-state index in [0.717, 1.165) is 89.1 Å². The molecule has 0 radical (unpaired) electrons. The molecule has 1 atom stereocenters.